The molecule has 1 aliphatic heterocycles. The number of likely N-dealkylation sites (tertiary alicyclic amines) is 1. The van der Waals surface area contributed by atoms with Crippen molar-refractivity contribution in [1.82, 2.24) is 10.2 Å². The third kappa shape index (κ3) is 2.86. The van der Waals surface area contributed by atoms with Gasteiger partial charge in [-0.1, -0.05) is 6.92 Å². The van der Waals surface area contributed by atoms with E-state index in [0.29, 0.717) is 6.04 Å². The number of likely N-dealkylation sites (N-methyl/N-ethyl adjacent to an activating group) is 1. The van der Waals surface area contributed by atoms with Gasteiger partial charge in [-0.2, -0.15) is 0 Å². The van der Waals surface area contributed by atoms with E-state index in [1.54, 1.807) is 0 Å². The Labute approximate surface area is 97.8 Å². The summed E-state index contributed by atoms with van der Waals surface area (Å²) in [5, 5.41) is 3.36. The smallest absolute Gasteiger partial charge is 0.118 e. The number of nitrogens with one attached hydrogen (secondary N) is 1. The molecule has 0 radical (unpaired) electrons. The molecule has 2 rings (SSSR count). The summed E-state index contributed by atoms with van der Waals surface area (Å²) in [7, 11) is 2.05. The summed E-state index contributed by atoms with van der Waals surface area (Å²) in [5.41, 5.74) is 0. The Kier molecular flexibility index (Phi) is 4.02. The molecule has 3 heteroatoms. The van der Waals surface area contributed by atoms with E-state index >= 15 is 0 Å². The maximum absolute atomic E-state index is 5.74. The molecule has 1 aromatic rings. The minimum absolute atomic E-state index is 0.648. The van der Waals surface area contributed by atoms with Crippen LogP contribution in [0.5, 0.6) is 0 Å². The van der Waals surface area contributed by atoms with Crippen LogP contribution in [0, 0.1) is 0 Å². The van der Waals surface area contributed by atoms with Crippen LogP contribution in [0.25, 0.3) is 0 Å². The number of furan rings is 1. The lowest BCUT2D eigenvalue weighted by Gasteiger charge is -2.31. The lowest BCUT2D eigenvalue weighted by molar-refractivity contribution is 0.175. The highest BCUT2D eigenvalue weighted by molar-refractivity contribution is 5.07. The van der Waals surface area contributed by atoms with Crippen LogP contribution in [0.3, 0.4) is 0 Å². The highest BCUT2D eigenvalue weighted by Gasteiger charge is 2.19. The SMILES string of the molecule is CCc1ccc(CN2CCCC(NC)C2)o1. The number of aryl methyl sites for hydroxylation is 1. The molecular weight excluding hydrogens is 200 g/mol. The minimum Gasteiger partial charge on any atom is -0.465 e. The van der Waals surface area contributed by atoms with Crippen LogP contribution >= 0.6 is 0 Å². The van der Waals surface area contributed by atoms with Crippen molar-refractivity contribution < 1.29 is 4.42 Å². The largest absolute Gasteiger partial charge is 0.465 e. The number of rotatable bonds is 4. The zero-order valence-corrected chi connectivity index (χ0v) is 10.3. The third-order valence-corrected chi connectivity index (χ3v) is 3.36. The third-order valence-electron chi connectivity index (χ3n) is 3.36. The second kappa shape index (κ2) is 5.51. The van der Waals surface area contributed by atoms with E-state index in [-0.39, 0.29) is 0 Å². The van der Waals surface area contributed by atoms with Gasteiger partial charge in [-0.15, -0.1) is 0 Å². The minimum atomic E-state index is 0.648. The summed E-state index contributed by atoms with van der Waals surface area (Å²) >= 11 is 0. The molecule has 0 bridgehead atoms. The first-order chi connectivity index (χ1) is 7.81. The fourth-order valence-electron chi connectivity index (χ4n) is 2.35. The summed E-state index contributed by atoms with van der Waals surface area (Å²) in [6.45, 7) is 5.41. The lowest BCUT2D eigenvalue weighted by Crippen LogP contribution is -2.43. The van der Waals surface area contributed by atoms with Crippen molar-refractivity contribution in [2.45, 2.75) is 38.8 Å². The summed E-state index contributed by atoms with van der Waals surface area (Å²) in [4.78, 5) is 2.48. The highest BCUT2D eigenvalue weighted by atomic mass is 16.3. The Morgan fingerprint density at radius 2 is 2.25 bits per heavy atom. The van der Waals surface area contributed by atoms with Gasteiger partial charge in [-0.3, -0.25) is 4.90 Å². The Morgan fingerprint density at radius 1 is 1.44 bits per heavy atom. The van der Waals surface area contributed by atoms with Crippen LogP contribution in [0.15, 0.2) is 16.5 Å². The molecule has 1 atom stereocenters. The van der Waals surface area contributed by atoms with E-state index in [9.17, 15) is 0 Å². The molecule has 3 nitrogen and oxygen atoms in total. The molecule has 1 aromatic heterocycles. The molecule has 1 unspecified atom stereocenters. The monoisotopic (exact) mass is 222 g/mol. The number of piperidine rings is 1. The fourth-order valence-corrected chi connectivity index (χ4v) is 2.35. The van der Waals surface area contributed by atoms with Gasteiger partial charge in [-0.25, -0.2) is 0 Å². The van der Waals surface area contributed by atoms with E-state index in [1.165, 1.54) is 19.4 Å². The van der Waals surface area contributed by atoms with Gasteiger partial charge in [0.25, 0.3) is 0 Å². The normalized spacial score (nSPS) is 22.5. The van der Waals surface area contributed by atoms with Crippen molar-refractivity contribution in [3.05, 3.63) is 23.7 Å². The molecule has 0 saturated carbocycles. The van der Waals surface area contributed by atoms with Gasteiger partial charge in [0.2, 0.25) is 0 Å². The maximum atomic E-state index is 5.74. The van der Waals surface area contributed by atoms with Crippen molar-refractivity contribution >= 4 is 0 Å². The van der Waals surface area contributed by atoms with E-state index in [0.717, 1.165) is 31.0 Å². The predicted molar refractivity (Wildman–Crippen MR) is 65.4 cm³/mol. The Hall–Kier alpha value is -0.800. The summed E-state index contributed by atoms with van der Waals surface area (Å²) in [6, 6.07) is 4.85. The molecule has 0 amide bonds. The molecule has 1 saturated heterocycles. The van der Waals surface area contributed by atoms with Gasteiger partial charge in [0, 0.05) is 19.0 Å². The lowest BCUT2D eigenvalue weighted by atomic mass is 10.1. The predicted octanol–water partition coefficient (Wildman–Crippen LogP) is 2.03. The standard InChI is InChI=1S/C13H22N2O/c1-3-12-6-7-13(16-12)10-15-8-4-5-11(9-15)14-2/h6-7,11,14H,3-5,8-10H2,1-2H3. The van der Waals surface area contributed by atoms with Crippen molar-refractivity contribution in [3.8, 4) is 0 Å². The van der Waals surface area contributed by atoms with Crippen molar-refractivity contribution in [2.75, 3.05) is 20.1 Å². The van der Waals surface area contributed by atoms with E-state index in [4.69, 9.17) is 4.42 Å². The first-order valence-electron chi connectivity index (χ1n) is 6.29. The van der Waals surface area contributed by atoms with Crippen LogP contribution < -0.4 is 5.32 Å². The van der Waals surface area contributed by atoms with E-state index in [1.807, 2.05) is 0 Å². The molecule has 16 heavy (non-hydrogen) atoms. The number of nitrogens with zero attached hydrogens (tertiary/aromatic N) is 1. The topological polar surface area (TPSA) is 28.4 Å². The zero-order valence-electron chi connectivity index (χ0n) is 10.3. The molecule has 0 aromatic carbocycles. The molecule has 90 valence electrons. The van der Waals surface area contributed by atoms with Crippen LogP contribution in [-0.4, -0.2) is 31.1 Å². The molecular formula is C13H22N2O. The fraction of sp³-hybridized carbons (Fsp3) is 0.692. The number of hydrogen-bond acceptors (Lipinski definition) is 3. The average Bonchev–Trinajstić information content (AvgIpc) is 2.77. The molecule has 0 aliphatic carbocycles. The van der Waals surface area contributed by atoms with Crippen LogP contribution in [-0.2, 0) is 13.0 Å². The van der Waals surface area contributed by atoms with Crippen LogP contribution in [0.2, 0.25) is 0 Å². The number of hydrogen-bond donors (Lipinski definition) is 1. The molecule has 1 aliphatic rings. The van der Waals surface area contributed by atoms with Gasteiger partial charge in [-0.05, 0) is 38.6 Å². The second-order valence-corrected chi connectivity index (χ2v) is 4.58. The molecule has 2 heterocycles. The maximum Gasteiger partial charge on any atom is 0.118 e. The average molecular weight is 222 g/mol. The quantitative estimate of drug-likeness (QED) is 0.845. The van der Waals surface area contributed by atoms with E-state index in [2.05, 4.69) is 36.3 Å². The molecule has 1 fully saturated rings. The zero-order chi connectivity index (χ0) is 11.4. The summed E-state index contributed by atoms with van der Waals surface area (Å²) in [6.07, 6.45) is 3.57. The van der Waals surface area contributed by atoms with Crippen molar-refractivity contribution in [1.29, 1.82) is 0 Å². The summed E-state index contributed by atoms with van der Waals surface area (Å²) < 4.78 is 5.74. The Morgan fingerprint density at radius 3 is 2.94 bits per heavy atom. The molecule has 0 spiro atoms. The van der Waals surface area contributed by atoms with Gasteiger partial charge < -0.3 is 9.73 Å². The summed E-state index contributed by atoms with van der Waals surface area (Å²) in [5.74, 6) is 2.20. The van der Waals surface area contributed by atoms with E-state index < -0.39 is 0 Å². The first kappa shape index (κ1) is 11.7. The highest BCUT2D eigenvalue weighted by Crippen LogP contribution is 2.15. The van der Waals surface area contributed by atoms with Gasteiger partial charge in [0.15, 0.2) is 0 Å². The Bertz CT molecular complexity index is 321. The first-order valence-corrected chi connectivity index (χ1v) is 6.29. The van der Waals surface area contributed by atoms with Crippen molar-refractivity contribution in [3.63, 3.8) is 0 Å². The van der Waals surface area contributed by atoms with Crippen LogP contribution in [0.1, 0.15) is 31.3 Å². The van der Waals surface area contributed by atoms with Gasteiger partial charge in [0.1, 0.15) is 11.5 Å². The Balaban J connectivity index is 1.88. The van der Waals surface area contributed by atoms with Gasteiger partial charge in [0.05, 0.1) is 6.54 Å². The second-order valence-electron chi connectivity index (χ2n) is 4.58. The van der Waals surface area contributed by atoms with Crippen molar-refractivity contribution in [2.24, 2.45) is 0 Å². The molecule has 1 N–H and O–H groups in total. The van der Waals surface area contributed by atoms with Gasteiger partial charge >= 0.3 is 0 Å². The van der Waals surface area contributed by atoms with Crippen LogP contribution in [0.4, 0.5) is 0 Å².